The Morgan fingerprint density at radius 1 is 0.718 bits per heavy atom. The zero-order chi connectivity index (χ0) is 30.2. The molecule has 225 valence electrons. The maximum absolute atomic E-state index is 7.75. The van der Waals surface area contributed by atoms with Crippen molar-refractivity contribution in [3.8, 4) is 0 Å². The van der Waals surface area contributed by atoms with Crippen molar-refractivity contribution >= 4 is 7.72 Å². The van der Waals surface area contributed by atoms with Crippen molar-refractivity contribution in [1.29, 1.82) is 0 Å². The van der Waals surface area contributed by atoms with Gasteiger partial charge in [0.25, 0.3) is 0 Å². The van der Waals surface area contributed by atoms with Gasteiger partial charge in [-0.05, 0) is 124 Å². The summed E-state index contributed by atoms with van der Waals surface area (Å²) in [7, 11) is 3.25. The fourth-order valence-corrected chi connectivity index (χ4v) is 12.7. The second-order valence-corrected chi connectivity index (χ2v) is 18.6. The van der Waals surface area contributed by atoms with Gasteiger partial charge in [0.05, 0.1) is 0 Å². The van der Waals surface area contributed by atoms with Crippen molar-refractivity contribution in [2.24, 2.45) is 79.3 Å². The van der Waals surface area contributed by atoms with Gasteiger partial charge >= 0.3 is 12.4 Å². The van der Waals surface area contributed by atoms with Gasteiger partial charge in [0.1, 0.15) is 0 Å². The molecule has 4 aliphatic rings. The van der Waals surface area contributed by atoms with Crippen LogP contribution in [0.1, 0.15) is 155 Å². The molecule has 2 heteroatoms. The van der Waals surface area contributed by atoms with E-state index in [4.69, 9.17) is 4.70 Å². The monoisotopic (exact) mass is 540 g/mol. The average Bonchev–Trinajstić information content (AvgIpc) is 3.07. The number of fused-ring (bicyclic) bond motifs is 5. The van der Waals surface area contributed by atoms with Crippen molar-refractivity contribution in [3.05, 3.63) is 0 Å². The predicted octanol–water partition coefficient (Wildman–Crippen LogP) is 11.2. The average molecular weight is 540 g/mol. The molecule has 4 saturated carbocycles. The zero-order valence-electron chi connectivity index (χ0n) is 29.2. The summed E-state index contributed by atoms with van der Waals surface area (Å²) in [5.41, 5.74) is 3.01. The number of rotatable bonds is 4. The van der Waals surface area contributed by atoms with Gasteiger partial charge < -0.3 is 0 Å². The maximum atomic E-state index is 7.75. The van der Waals surface area contributed by atoms with Crippen molar-refractivity contribution in [1.82, 2.24) is 0 Å². The van der Waals surface area contributed by atoms with E-state index in [9.17, 15) is 0 Å². The van der Waals surface area contributed by atoms with Gasteiger partial charge in [-0.25, -0.2) is 0 Å². The van der Waals surface area contributed by atoms with Gasteiger partial charge in [0, 0.05) is 0 Å². The van der Waals surface area contributed by atoms with Crippen LogP contribution in [0.25, 0.3) is 0 Å². The summed E-state index contributed by atoms with van der Waals surface area (Å²) in [6.07, 6.45) is 11.5. The predicted molar refractivity (Wildman–Crippen MR) is 170 cm³/mol. The van der Waals surface area contributed by atoms with E-state index in [0.717, 1.165) is 41.4 Å². The molecule has 0 saturated heterocycles. The summed E-state index contributed by atoms with van der Waals surface area (Å²) in [6, 6.07) is 0. The number of hydrogen-bond acceptors (Lipinski definition) is 1. The molecule has 12 atom stereocenters. The molecule has 0 aromatic heterocycles. The topological polar surface area (TPSA) is 17.1 Å². The Morgan fingerprint density at radius 3 is 1.79 bits per heavy atom. The Hall–Kier alpha value is -0.135. The first-order chi connectivity index (χ1) is 17.7. The molecule has 0 aliphatic heterocycles. The fourth-order valence-electron chi connectivity index (χ4n) is 12.7. The van der Waals surface area contributed by atoms with E-state index in [1.165, 1.54) is 51.4 Å². The van der Waals surface area contributed by atoms with Crippen LogP contribution in [0.4, 0.5) is 0 Å². The first-order valence-electron chi connectivity index (χ1n) is 16.9. The summed E-state index contributed by atoms with van der Waals surface area (Å²) < 4.78 is 7.75. The second kappa shape index (κ2) is 10.2. The summed E-state index contributed by atoms with van der Waals surface area (Å²) in [4.78, 5) is 0. The van der Waals surface area contributed by atoms with Crippen LogP contribution < -0.4 is 0 Å². The van der Waals surface area contributed by atoms with Gasteiger partial charge in [-0.2, -0.15) is 0 Å². The van der Waals surface area contributed by atoms with E-state index in [1.54, 1.807) is 0 Å². The quantitative estimate of drug-likeness (QED) is 0.325. The Bertz CT molecular complexity index is 888. The van der Waals surface area contributed by atoms with E-state index < -0.39 is 0 Å². The molecule has 0 aromatic rings. The molecule has 0 amide bonds. The third-order valence-corrected chi connectivity index (χ3v) is 17.1. The van der Waals surface area contributed by atoms with Crippen LogP contribution in [-0.4, -0.2) is 7.72 Å². The molecule has 0 aromatic carbocycles. The van der Waals surface area contributed by atoms with Gasteiger partial charge in [0.2, 0.25) is 0 Å². The Balaban J connectivity index is 0.00000205. The second-order valence-electron chi connectivity index (χ2n) is 18.6. The standard InChI is InChI=1S/C37H68.BO/c1-24(16-17-25(2)31(6,7)8)29-22-27(4)36(14)33(29,11)20-21-35(13)34(12)19-18-26(3)32(9,10)30(34)23-28(5)37(35,36)15;1-2/h24-30H,16-23H2,1-15H3;/t24?,25?,26?,27?,28?,29?,30?,33-,34+,35?,36?,37?;/m1./s1. The van der Waals surface area contributed by atoms with Crippen LogP contribution in [0.2, 0.25) is 0 Å². The molecule has 0 spiro atoms. The summed E-state index contributed by atoms with van der Waals surface area (Å²) >= 11 is 0. The molecule has 10 unspecified atom stereocenters. The minimum atomic E-state index is 0.390. The molecule has 4 aliphatic carbocycles. The Morgan fingerprint density at radius 2 is 1.26 bits per heavy atom. The summed E-state index contributed by atoms with van der Waals surface area (Å²) in [6.45, 7) is 39.8. The number of hydrogen-bond donors (Lipinski definition) is 0. The minimum absolute atomic E-state index is 0.390. The van der Waals surface area contributed by atoms with Crippen molar-refractivity contribution in [3.63, 3.8) is 0 Å². The summed E-state index contributed by atoms with van der Waals surface area (Å²) in [5, 5.41) is 0. The van der Waals surface area contributed by atoms with E-state index in [1.807, 2.05) is 0 Å². The zero-order valence-corrected chi connectivity index (χ0v) is 29.2. The molecule has 0 bridgehead atoms. The van der Waals surface area contributed by atoms with Crippen molar-refractivity contribution < 1.29 is 4.70 Å². The molecule has 1 nitrogen and oxygen atoms in total. The van der Waals surface area contributed by atoms with Gasteiger partial charge in [-0.3, -0.25) is 0 Å². The Labute approximate surface area is 246 Å². The van der Waals surface area contributed by atoms with Crippen LogP contribution in [0.5, 0.6) is 0 Å². The van der Waals surface area contributed by atoms with Gasteiger partial charge in [0.15, 0.2) is 0 Å². The molecule has 0 heterocycles. The van der Waals surface area contributed by atoms with E-state index in [0.29, 0.717) is 37.9 Å². The van der Waals surface area contributed by atoms with Gasteiger partial charge in [-0.15, -0.1) is 0 Å². The molecular formula is C37H68BO. The van der Waals surface area contributed by atoms with E-state index in [2.05, 4.69) is 112 Å². The normalized spacial score (nSPS) is 50.5. The van der Waals surface area contributed by atoms with Gasteiger partial charge in [-0.1, -0.05) is 110 Å². The van der Waals surface area contributed by atoms with Crippen LogP contribution in [0, 0.1) is 79.3 Å². The SMILES string of the molecule is CC(CCC(C)C(C)(C)C)C1CC(C)C2(C)C3(C)C(C)CC4C(C)(C)C(C)CC[C@]4(C)C3(C)CC[C@]12C.[B]=O. The third kappa shape index (κ3) is 4.19. The fraction of sp³-hybridized carbons (Fsp3) is 1.00. The molecule has 4 fully saturated rings. The van der Waals surface area contributed by atoms with Crippen molar-refractivity contribution in [2.45, 2.75) is 155 Å². The third-order valence-electron chi connectivity index (χ3n) is 17.1. The first-order valence-corrected chi connectivity index (χ1v) is 16.9. The molecule has 4 rings (SSSR count). The van der Waals surface area contributed by atoms with Crippen LogP contribution >= 0.6 is 0 Å². The molecule has 39 heavy (non-hydrogen) atoms. The summed E-state index contributed by atoms with van der Waals surface area (Å²) in [5.74, 6) is 5.82. The van der Waals surface area contributed by atoms with Crippen LogP contribution in [-0.2, 0) is 4.70 Å². The molecule has 1 radical (unpaired) electrons. The van der Waals surface area contributed by atoms with Crippen LogP contribution in [0.15, 0.2) is 0 Å². The van der Waals surface area contributed by atoms with Crippen molar-refractivity contribution in [2.75, 3.05) is 0 Å². The van der Waals surface area contributed by atoms with E-state index >= 15 is 0 Å². The first kappa shape index (κ1) is 33.4. The van der Waals surface area contributed by atoms with E-state index in [-0.39, 0.29) is 0 Å². The Kier molecular flexibility index (Phi) is 8.77. The van der Waals surface area contributed by atoms with Crippen LogP contribution in [0.3, 0.4) is 0 Å². The molecule has 0 N–H and O–H groups in total. The molecular weight excluding hydrogens is 471 g/mol.